The number of alkyl halides is 2. The van der Waals surface area contributed by atoms with Crippen LogP contribution in [0.25, 0.3) is 10.9 Å². The van der Waals surface area contributed by atoms with Gasteiger partial charge in [0.25, 0.3) is 6.43 Å². The van der Waals surface area contributed by atoms with Crippen LogP contribution in [0.3, 0.4) is 0 Å². The van der Waals surface area contributed by atoms with E-state index in [-0.39, 0.29) is 11.6 Å². The molecule has 2 heterocycles. The number of benzene rings is 1. The first kappa shape index (κ1) is 13.9. The van der Waals surface area contributed by atoms with Crippen LogP contribution in [0.1, 0.15) is 18.4 Å². The number of nitrogens with zero attached hydrogens (tertiary/aromatic N) is 2. The van der Waals surface area contributed by atoms with Crippen molar-refractivity contribution >= 4 is 16.6 Å². The van der Waals surface area contributed by atoms with E-state index in [1.165, 1.54) is 6.07 Å². The highest BCUT2D eigenvalue weighted by atomic mass is 19.3. The SMILES string of the molecule is C=C1C[C@@H](N)CN(c2ccc(C(F)F)c3ncccc23)C1. The van der Waals surface area contributed by atoms with Gasteiger partial charge in [-0.2, -0.15) is 0 Å². The van der Waals surface area contributed by atoms with Gasteiger partial charge in [0.05, 0.1) is 5.52 Å². The summed E-state index contributed by atoms with van der Waals surface area (Å²) >= 11 is 0. The summed E-state index contributed by atoms with van der Waals surface area (Å²) in [5.41, 5.74) is 8.31. The number of nitrogens with two attached hydrogens (primary N) is 1. The number of piperidine rings is 1. The van der Waals surface area contributed by atoms with Crippen molar-refractivity contribution < 1.29 is 8.78 Å². The Morgan fingerprint density at radius 3 is 2.86 bits per heavy atom. The summed E-state index contributed by atoms with van der Waals surface area (Å²) in [6.07, 6.45) is -0.185. The number of fused-ring (bicyclic) bond motifs is 1. The second-order valence-electron chi connectivity index (χ2n) is 5.47. The van der Waals surface area contributed by atoms with Crippen LogP contribution in [-0.2, 0) is 0 Å². The van der Waals surface area contributed by atoms with Crippen molar-refractivity contribution in [3.05, 3.63) is 48.2 Å². The normalized spacial score (nSPS) is 19.5. The second-order valence-corrected chi connectivity index (χ2v) is 5.47. The quantitative estimate of drug-likeness (QED) is 0.863. The Bertz CT molecular complexity index is 684. The molecule has 1 atom stereocenters. The maximum atomic E-state index is 13.1. The van der Waals surface area contributed by atoms with Crippen molar-refractivity contribution in [1.82, 2.24) is 4.98 Å². The van der Waals surface area contributed by atoms with Gasteiger partial charge in [-0.05, 0) is 30.7 Å². The number of hydrogen-bond acceptors (Lipinski definition) is 3. The zero-order chi connectivity index (χ0) is 15.0. The van der Waals surface area contributed by atoms with Crippen LogP contribution in [0.5, 0.6) is 0 Å². The zero-order valence-corrected chi connectivity index (χ0v) is 11.6. The van der Waals surface area contributed by atoms with Crippen molar-refractivity contribution in [1.29, 1.82) is 0 Å². The van der Waals surface area contributed by atoms with Crippen molar-refractivity contribution in [3.63, 3.8) is 0 Å². The molecule has 0 bridgehead atoms. The number of aromatic nitrogens is 1. The van der Waals surface area contributed by atoms with Gasteiger partial charge in [-0.25, -0.2) is 8.78 Å². The topological polar surface area (TPSA) is 42.1 Å². The Labute approximate surface area is 122 Å². The lowest BCUT2D eigenvalue weighted by Crippen LogP contribution is -2.43. The first-order valence-electron chi connectivity index (χ1n) is 6.89. The molecule has 0 spiro atoms. The lowest BCUT2D eigenvalue weighted by molar-refractivity contribution is 0.153. The number of hydrogen-bond donors (Lipinski definition) is 1. The van der Waals surface area contributed by atoms with Crippen molar-refractivity contribution in [2.75, 3.05) is 18.0 Å². The standard InChI is InChI=1S/C16H17F2N3/c1-10-7-11(19)9-21(8-10)14-5-4-13(16(17)18)15-12(14)3-2-6-20-15/h2-6,11,16H,1,7-9,19H2/t11-/m1/s1. The number of pyridine rings is 1. The van der Waals surface area contributed by atoms with E-state index in [4.69, 9.17) is 5.73 Å². The van der Waals surface area contributed by atoms with Gasteiger partial charge in [0, 0.05) is 42.0 Å². The van der Waals surface area contributed by atoms with E-state index < -0.39 is 6.43 Å². The number of halogens is 2. The Morgan fingerprint density at radius 1 is 1.33 bits per heavy atom. The van der Waals surface area contributed by atoms with E-state index in [0.29, 0.717) is 18.6 Å². The minimum Gasteiger partial charge on any atom is -0.365 e. The molecule has 2 N–H and O–H groups in total. The molecule has 3 rings (SSSR count). The van der Waals surface area contributed by atoms with Gasteiger partial charge in [-0.15, -0.1) is 0 Å². The van der Waals surface area contributed by atoms with Crippen LogP contribution in [0.15, 0.2) is 42.6 Å². The fourth-order valence-corrected chi connectivity index (χ4v) is 2.93. The predicted octanol–water partition coefficient (Wildman–Crippen LogP) is 3.27. The highest BCUT2D eigenvalue weighted by Crippen LogP contribution is 2.34. The van der Waals surface area contributed by atoms with Crippen molar-refractivity contribution in [3.8, 4) is 0 Å². The van der Waals surface area contributed by atoms with Gasteiger partial charge >= 0.3 is 0 Å². The molecular weight excluding hydrogens is 272 g/mol. The minimum atomic E-state index is -2.53. The summed E-state index contributed by atoms with van der Waals surface area (Å²) < 4.78 is 26.2. The molecule has 110 valence electrons. The Kier molecular flexibility index (Phi) is 3.59. The van der Waals surface area contributed by atoms with Gasteiger partial charge in [0.2, 0.25) is 0 Å². The highest BCUT2D eigenvalue weighted by Gasteiger charge is 2.22. The molecule has 3 nitrogen and oxygen atoms in total. The summed E-state index contributed by atoms with van der Waals surface area (Å²) in [5, 5.41) is 0.734. The summed E-state index contributed by atoms with van der Waals surface area (Å²) in [6.45, 7) is 5.40. The second kappa shape index (κ2) is 5.41. The maximum Gasteiger partial charge on any atom is 0.265 e. The van der Waals surface area contributed by atoms with E-state index in [1.54, 1.807) is 18.3 Å². The third kappa shape index (κ3) is 2.61. The third-order valence-electron chi connectivity index (χ3n) is 3.77. The van der Waals surface area contributed by atoms with Crippen LogP contribution < -0.4 is 10.6 Å². The molecule has 0 saturated carbocycles. The largest absolute Gasteiger partial charge is 0.365 e. The first-order chi connectivity index (χ1) is 10.1. The molecule has 0 aliphatic carbocycles. The van der Waals surface area contributed by atoms with Crippen LogP contribution in [0, 0.1) is 0 Å². The Morgan fingerprint density at radius 2 is 2.14 bits per heavy atom. The van der Waals surface area contributed by atoms with Gasteiger partial charge in [-0.1, -0.05) is 12.2 Å². The molecule has 1 saturated heterocycles. The molecule has 1 aromatic carbocycles. The molecule has 21 heavy (non-hydrogen) atoms. The number of rotatable bonds is 2. The molecule has 0 unspecified atom stereocenters. The molecule has 0 radical (unpaired) electrons. The zero-order valence-electron chi connectivity index (χ0n) is 11.6. The van der Waals surface area contributed by atoms with Crippen molar-refractivity contribution in [2.24, 2.45) is 5.73 Å². The maximum absolute atomic E-state index is 13.1. The summed E-state index contributed by atoms with van der Waals surface area (Å²) in [7, 11) is 0. The molecule has 0 amide bonds. The van der Waals surface area contributed by atoms with E-state index in [2.05, 4.69) is 16.5 Å². The number of anilines is 1. The van der Waals surface area contributed by atoms with E-state index in [9.17, 15) is 8.78 Å². The Balaban J connectivity index is 2.11. The van der Waals surface area contributed by atoms with Crippen molar-refractivity contribution in [2.45, 2.75) is 18.9 Å². The average Bonchev–Trinajstić information content (AvgIpc) is 2.44. The molecule has 5 heteroatoms. The average molecular weight is 289 g/mol. The monoisotopic (exact) mass is 289 g/mol. The van der Waals surface area contributed by atoms with Gasteiger partial charge in [-0.3, -0.25) is 4.98 Å². The van der Waals surface area contributed by atoms with Gasteiger partial charge in [0.1, 0.15) is 0 Å². The van der Waals surface area contributed by atoms with E-state index in [0.717, 1.165) is 23.1 Å². The lowest BCUT2D eigenvalue weighted by atomic mass is 10.00. The van der Waals surface area contributed by atoms with Crippen LogP contribution in [0.2, 0.25) is 0 Å². The van der Waals surface area contributed by atoms with Gasteiger partial charge in [0.15, 0.2) is 0 Å². The van der Waals surface area contributed by atoms with E-state index in [1.807, 2.05) is 6.07 Å². The van der Waals surface area contributed by atoms with Crippen LogP contribution >= 0.6 is 0 Å². The summed E-state index contributed by atoms with van der Waals surface area (Å²) in [4.78, 5) is 6.23. The molecule has 1 aromatic heterocycles. The van der Waals surface area contributed by atoms with E-state index >= 15 is 0 Å². The fourth-order valence-electron chi connectivity index (χ4n) is 2.93. The highest BCUT2D eigenvalue weighted by molar-refractivity contribution is 5.94. The smallest absolute Gasteiger partial charge is 0.265 e. The predicted molar refractivity (Wildman–Crippen MR) is 80.6 cm³/mol. The third-order valence-corrected chi connectivity index (χ3v) is 3.77. The molecule has 2 aromatic rings. The molecule has 1 aliphatic heterocycles. The van der Waals surface area contributed by atoms with Gasteiger partial charge < -0.3 is 10.6 Å². The van der Waals surface area contributed by atoms with Crippen LogP contribution in [-0.4, -0.2) is 24.1 Å². The summed E-state index contributed by atoms with van der Waals surface area (Å²) in [6, 6.07) is 6.80. The first-order valence-corrected chi connectivity index (χ1v) is 6.89. The fraction of sp³-hybridized carbons (Fsp3) is 0.312. The Hall–Kier alpha value is -2.01. The minimum absolute atomic E-state index is 0.0211. The lowest BCUT2D eigenvalue weighted by Gasteiger charge is -2.34. The van der Waals surface area contributed by atoms with Crippen LogP contribution in [0.4, 0.5) is 14.5 Å². The molecule has 1 fully saturated rings. The summed E-state index contributed by atoms with van der Waals surface area (Å²) in [5.74, 6) is 0. The molecule has 1 aliphatic rings. The molecular formula is C16H17F2N3.